The van der Waals surface area contributed by atoms with Gasteiger partial charge in [-0.25, -0.2) is 15.0 Å². The van der Waals surface area contributed by atoms with Gasteiger partial charge in [0.2, 0.25) is 0 Å². The zero-order valence-electron chi connectivity index (χ0n) is 15.3. The summed E-state index contributed by atoms with van der Waals surface area (Å²) in [5.41, 5.74) is 1.03. The number of anilines is 2. The fraction of sp³-hybridized carbons (Fsp3) is 0.400. The van der Waals surface area contributed by atoms with Gasteiger partial charge in [-0.3, -0.25) is 0 Å². The molecule has 2 fully saturated rings. The number of fused-ring (bicyclic) bond motifs is 1. The molecule has 3 aromatic rings. The summed E-state index contributed by atoms with van der Waals surface area (Å²) in [5, 5.41) is 13.6. The topological polar surface area (TPSA) is 87.0 Å². The number of thiazole rings is 1. The summed E-state index contributed by atoms with van der Waals surface area (Å²) in [6.45, 7) is 1.51. The molecular formula is C20H20N6OS. The van der Waals surface area contributed by atoms with Gasteiger partial charge in [0.1, 0.15) is 6.10 Å². The van der Waals surface area contributed by atoms with Gasteiger partial charge < -0.3 is 15.0 Å². The van der Waals surface area contributed by atoms with E-state index in [1.165, 1.54) is 4.70 Å². The van der Waals surface area contributed by atoms with Crippen LogP contribution in [0.5, 0.6) is 5.88 Å². The van der Waals surface area contributed by atoms with E-state index in [-0.39, 0.29) is 12.0 Å². The van der Waals surface area contributed by atoms with Crippen LogP contribution in [0.1, 0.15) is 19.3 Å². The Morgan fingerprint density at radius 1 is 1.21 bits per heavy atom. The molecule has 1 saturated carbocycles. The van der Waals surface area contributed by atoms with Gasteiger partial charge in [-0.05, 0) is 18.6 Å². The smallest absolute Gasteiger partial charge is 0.257 e. The Hall–Kier alpha value is -2.92. The summed E-state index contributed by atoms with van der Waals surface area (Å²) in [6.07, 6.45) is 6.15. The third kappa shape index (κ3) is 3.34. The molecule has 2 aromatic heterocycles. The van der Waals surface area contributed by atoms with Gasteiger partial charge in [0.05, 0.1) is 22.2 Å². The largest absolute Gasteiger partial charge is 0.472 e. The Morgan fingerprint density at radius 2 is 2.07 bits per heavy atom. The summed E-state index contributed by atoms with van der Waals surface area (Å²) in [6, 6.07) is 10.9. The lowest BCUT2D eigenvalue weighted by molar-refractivity contribution is 0.103. The standard InChI is InChI=1S/C20H20N6OS/c21-11-13-5-8-26(12-13)18-19(23-7-6-22-18)27-15-9-14(10-15)24-20-25-16-3-1-2-4-17(16)28-20/h1-4,6-7,13-15H,5,8-10,12H2,(H,24,25)/t13-,14?,15?/m1/s1. The highest BCUT2D eigenvalue weighted by molar-refractivity contribution is 7.22. The Labute approximate surface area is 167 Å². The number of rotatable bonds is 5. The van der Waals surface area contributed by atoms with E-state index in [1.54, 1.807) is 23.7 Å². The minimum atomic E-state index is 0.0564. The highest BCUT2D eigenvalue weighted by Crippen LogP contribution is 2.34. The molecule has 3 heterocycles. The number of benzene rings is 1. The van der Waals surface area contributed by atoms with E-state index >= 15 is 0 Å². The summed E-state index contributed by atoms with van der Waals surface area (Å²) in [4.78, 5) is 15.6. The predicted octanol–water partition coefficient (Wildman–Crippen LogP) is 3.46. The Kier molecular flexibility index (Phi) is 4.45. The molecule has 0 amide bonds. The molecule has 5 rings (SSSR count). The van der Waals surface area contributed by atoms with Crippen molar-refractivity contribution < 1.29 is 4.74 Å². The highest BCUT2D eigenvalue weighted by Gasteiger charge is 2.34. The molecule has 1 N–H and O–H groups in total. The molecular weight excluding hydrogens is 372 g/mol. The molecule has 1 saturated heterocycles. The van der Waals surface area contributed by atoms with E-state index < -0.39 is 0 Å². The zero-order valence-corrected chi connectivity index (χ0v) is 16.1. The first kappa shape index (κ1) is 17.2. The van der Waals surface area contributed by atoms with E-state index in [0.717, 1.165) is 42.3 Å². The third-order valence-electron chi connectivity index (χ3n) is 5.31. The molecule has 2 aliphatic rings. The van der Waals surface area contributed by atoms with E-state index in [0.29, 0.717) is 18.5 Å². The number of nitriles is 1. The molecule has 28 heavy (non-hydrogen) atoms. The monoisotopic (exact) mass is 392 g/mol. The van der Waals surface area contributed by atoms with Crippen molar-refractivity contribution in [3.05, 3.63) is 36.7 Å². The molecule has 0 unspecified atom stereocenters. The first-order valence-electron chi connectivity index (χ1n) is 9.53. The molecule has 0 radical (unpaired) electrons. The van der Waals surface area contributed by atoms with Crippen molar-refractivity contribution in [3.63, 3.8) is 0 Å². The molecule has 7 nitrogen and oxygen atoms in total. The van der Waals surface area contributed by atoms with Gasteiger partial charge >= 0.3 is 0 Å². The van der Waals surface area contributed by atoms with Crippen molar-refractivity contribution in [1.29, 1.82) is 5.26 Å². The van der Waals surface area contributed by atoms with E-state index in [1.807, 2.05) is 18.2 Å². The molecule has 1 aliphatic carbocycles. The fourth-order valence-corrected chi connectivity index (χ4v) is 4.66. The number of nitrogens with one attached hydrogen (secondary N) is 1. The molecule has 1 aliphatic heterocycles. The van der Waals surface area contributed by atoms with Gasteiger partial charge in [0, 0.05) is 44.4 Å². The minimum absolute atomic E-state index is 0.0564. The predicted molar refractivity (Wildman–Crippen MR) is 109 cm³/mol. The summed E-state index contributed by atoms with van der Waals surface area (Å²) in [5.74, 6) is 1.38. The van der Waals surface area contributed by atoms with Crippen molar-refractivity contribution in [2.75, 3.05) is 23.3 Å². The van der Waals surface area contributed by atoms with E-state index in [4.69, 9.17) is 10.00 Å². The normalized spacial score (nSPS) is 24.0. The first-order valence-corrected chi connectivity index (χ1v) is 10.3. The first-order chi connectivity index (χ1) is 13.8. The molecule has 1 atom stereocenters. The maximum atomic E-state index is 9.13. The lowest BCUT2D eigenvalue weighted by atomic mass is 9.89. The van der Waals surface area contributed by atoms with Crippen molar-refractivity contribution in [2.24, 2.45) is 5.92 Å². The minimum Gasteiger partial charge on any atom is -0.472 e. The number of nitrogens with zero attached hydrogens (tertiary/aromatic N) is 5. The molecule has 0 spiro atoms. The van der Waals surface area contributed by atoms with Crippen molar-refractivity contribution in [3.8, 4) is 11.9 Å². The average molecular weight is 392 g/mol. The zero-order chi connectivity index (χ0) is 18.9. The van der Waals surface area contributed by atoms with Gasteiger partial charge in [-0.15, -0.1) is 0 Å². The second-order valence-corrected chi connectivity index (χ2v) is 8.32. The van der Waals surface area contributed by atoms with E-state index in [9.17, 15) is 0 Å². The number of hydrogen-bond donors (Lipinski definition) is 1. The van der Waals surface area contributed by atoms with Crippen LogP contribution in [0.3, 0.4) is 0 Å². The van der Waals surface area contributed by atoms with Gasteiger partial charge in [0.25, 0.3) is 5.88 Å². The second-order valence-electron chi connectivity index (χ2n) is 7.29. The van der Waals surface area contributed by atoms with Crippen LogP contribution < -0.4 is 15.0 Å². The Bertz CT molecular complexity index is 992. The lowest BCUT2D eigenvalue weighted by Gasteiger charge is -2.35. The highest BCUT2D eigenvalue weighted by atomic mass is 32.1. The van der Waals surface area contributed by atoms with Crippen LogP contribution in [-0.2, 0) is 0 Å². The molecule has 0 bridgehead atoms. The SMILES string of the molecule is N#C[C@H]1CCN(c2nccnc2OC2CC(Nc3nc4ccccc4s3)C2)C1. The Morgan fingerprint density at radius 3 is 2.89 bits per heavy atom. The summed E-state index contributed by atoms with van der Waals surface area (Å²) >= 11 is 1.68. The van der Waals surface area contributed by atoms with Gasteiger partial charge in [-0.2, -0.15) is 5.26 Å². The number of para-hydroxylation sites is 1. The summed E-state index contributed by atoms with van der Waals surface area (Å²) < 4.78 is 7.33. The molecule has 142 valence electrons. The molecule has 1 aromatic carbocycles. The van der Waals surface area contributed by atoms with Crippen LogP contribution in [0, 0.1) is 17.2 Å². The lowest BCUT2D eigenvalue weighted by Crippen LogP contribution is -2.43. The molecule has 8 heteroatoms. The van der Waals surface area contributed by atoms with Crippen LogP contribution in [0.4, 0.5) is 10.9 Å². The van der Waals surface area contributed by atoms with Crippen LogP contribution in [0.15, 0.2) is 36.7 Å². The number of aromatic nitrogens is 3. The summed E-state index contributed by atoms with van der Waals surface area (Å²) in [7, 11) is 0. The van der Waals surface area contributed by atoms with Crippen LogP contribution in [-0.4, -0.2) is 40.2 Å². The van der Waals surface area contributed by atoms with Crippen molar-refractivity contribution >= 4 is 32.5 Å². The number of ether oxygens (including phenoxy) is 1. The third-order valence-corrected chi connectivity index (χ3v) is 6.28. The van der Waals surface area contributed by atoms with Crippen molar-refractivity contribution in [2.45, 2.75) is 31.4 Å². The average Bonchev–Trinajstić information content (AvgIpc) is 3.33. The van der Waals surface area contributed by atoms with Crippen molar-refractivity contribution in [1.82, 2.24) is 15.0 Å². The van der Waals surface area contributed by atoms with Crippen LogP contribution >= 0.6 is 11.3 Å². The van der Waals surface area contributed by atoms with Gasteiger partial charge in [0.15, 0.2) is 10.9 Å². The number of hydrogen-bond acceptors (Lipinski definition) is 8. The van der Waals surface area contributed by atoms with Crippen LogP contribution in [0.25, 0.3) is 10.2 Å². The quantitative estimate of drug-likeness (QED) is 0.711. The van der Waals surface area contributed by atoms with E-state index in [2.05, 4.69) is 37.3 Å². The maximum absolute atomic E-state index is 9.13. The van der Waals surface area contributed by atoms with Gasteiger partial charge in [-0.1, -0.05) is 23.5 Å². The Balaban J connectivity index is 1.19. The second kappa shape index (κ2) is 7.24. The maximum Gasteiger partial charge on any atom is 0.257 e. The van der Waals surface area contributed by atoms with Crippen LogP contribution in [0.2, 0.25) is 0 Å². The fourth-order valence-electron chi connectivity index (χ4n) is 3.72.